The first-order valence-corrected chi connectivity index (χ1v) is 15.7. The molecule has 2 bridgehead atoms. The van der Waals surface area contributed by atoms with Crippen LogP contribution in [0.1, 0.15) is 106 Å². The molecule has 0 radical (unpaired) electrons. The van der Waals surface area contributed by atoms with Gasteiger partial charge in [-0.15, -0.1) is 0 Å². The Morgan fingerprint density at radius 3 is 2.18 bits per heavy atom. The Bertz CT molecular complexity index is 925. The Morgan fingerprint density at radius 2 is 1.47 bits per heavy atom. The van der Waals surface area contributed by atoms with Crippen LogP contribution >= 0.6 is 31.9 Å². The quantitative estimate of drug-likeness (QED) is 0.261. The number of ketones is 1. The van der Waals surface area contributed by atoms with Crippen molar-refractivity contribution in [2.45, 2.75) is 116 Å². The molecule has 0 aromatic rings. The maximum atomic E-state index is 13.5. The van der Waals surface area contributed by atoms with E-state index in [1.807, 2.05) is 0 Å². The molecule has 1 heterocycles. The first-order chi connectivity index (χ1) is 15.6. The summed E-state index contributed by atoms with van der Waals surface area (Å²) in [5, 5.41) is 0. The molecule has 9 atom stereocenters. The Labute approximate surface area is 224 Å². The number of Topliss-reactive ketones (excluding diaryl/α,β-unsaturated/α-hetero) is 1. The SMILES string of the molecule is CC1(C)CC[C@]23CC[C@]4(C)[C@H](CC[C@@H]5[C@@]6(C)CC(Br)(Br)C(=O)C(C)(C)[C@@H]6CC[C@]54C)C2C1OC3. The molecule has 192 valence electrons. The lowest BCUT2D eigenvalue weighted by molar-refractivity contribution is -0.239. The summed E-state index contributed by atoms with van der Waals surface area (Å²) in [5.74, 6) is 3.02. The minimum atomic E-state index is -0.582. The number of fused-ring (bicyclic) bond motifs is 5. The van der Waals surface area contributed by atoms with Gasteiger partial charge >= 0.3 is 0 Å². The molecule has 0 N–H and O–H groups in total. The van der Waals surface area contributed by atoms with Crippen LogP contribution in [0, 0.1) is 56.2 Å². The average Bonchev–Trinajstić information content (AvgIpc) is 3.06. The standard InChI is InChI=1S/C30H46Br2O2/c1-24(2)12-14-29-15-13-27(6)18(21(29)22(24)34-17-29)8-9-20-26(5)16-30(31,32)23(33)25(3,4)19(26)10-11-28(20,27)7/h18-22H,8-17H2,1-7H3/t18-,19+,20-,21?,22?,26+,27-,28-,29-/m1/s1. The van der Waals surface area contributed by atoms with Gasteiger partial charge in [-0.2, -0.15) is 0 Å². The monoisotopic (exact) mass is 596 g/mol. The zero-order valence-corrected chi connectivity index (χ0v) is 25.7. The largest absolute Gasteiger partial charge is 0.377 e. The molecule has 5 saturated carbocycles. The molecule has 0 spiro atoms. The lowest BCUT2D eigenvalue weighted by Crippen LogP contribution is -2.69. The predicted octanol–water partition coefficient (Wildman–Crippen LogP) is 8.54. The normalized spacial score (nSPS) is 56.6. The van der Waals surface area contributed by atoms with Gasteiger partial charge in [0.05, 0.1) is 12.7 Å². The molecule has 0 amide bonds. The average molecular weight is 599 g/mol. The second-order valence-corrected chi connectivity index (χ2v) is 19.5. The molecule has 34 heavy (non-hydrogen) atoms. The molecule has 6 fully saturated rings. The van der Waals surface area contributed by atoms with E-state index in [1.165, 1.54) is 51.4 Å². The molecule has 4 heteroatoms. The van der Waals surface area contributed by atoms with E-state index < -0.39 is 3.23 Å². The molecule has 0 aromatic heterocycles. The summed E-state index contributed by atoms with van der Waals surface area (Å²) >= 11 is 7.76. The van der Waals surface area contributed by atoms with E-state index in [1.54, 1.807) is 0 Å². The van der Waals surface area contributed by atoms with Crippen molar-refractivity contribution in [2.24, 2.45) is 56.2 Å². The number of rotatable bonds is 0. The van der Waals surface area contributed by atoms with Gasteiger partial charge in [-0.05, 0) is 109 Å². The summed E-state index contributed by atoms with van der Waals surface area (Å²) < 4.78 is 6.13. The van der Waals surface area contributed by atoms with E-state index in [-0.39, 0.29) is 10.8 Å². The van der Waals surface area contributed by atoms with E-state index in [2.05, 4.69) is 80.3 Å². The van der Waals surface area contributed by atoms with Crippen LogP contribution in [-0.2, 0) is 9.53 Å². The zero-order chi connectivity index (χ0) is 24.7. The van der Waals surface area contributed by atoms with Gasteiger partial charge in [0.1, 0.15) is 3.23 Å². The molecule has 6 aliphatic rings. The molecule has 2 nitrogen and oxygen atoms in total. The van der Waals surface area contributed by atoms with Gasteiger partial charge in [0.25, 0.3) is 0 Å². The van der Waals surface area contributed by atoms with Crippen LogP contribution in [0.2, 0.25) is 0 Å². The van der Waals surface area contributed by atoms with E-state index in [0.29, 0.717) is 45.4 Å². The number of alkyl halides is 2. The smallest absolute Gasteiger partial charge is 0.166 e. The number of carbonyl (C=O) groups is 1. The number of ether oxygens (including phenoxy) is 1. The van der Waals surface area contributed by atoms with Crippen molar-refractivity contribution < 1.29 is 9.53 Å². The van der Waals surface area contributed by atoms with Crippen LogP contribution in [0.4, 0.5) is 0 Å². The van der Waals surface area contributed by atoms with Crippen molar-refractivity contribution in [1.82, 2.24) is 0 Å². The van der Waals surface area contributed by atoms with E-state index in [4.69, 9.17) is 4.74 Å². The Kier molecular flexibility index (Phi) is 5.10. The third-order valence-corrected chi connectivity index (χ3v) is 15.1. The molecule has 6 rings (SSSR count). The molecule has 5 aliphatic carbocycles. The topological polar surface area (TPSA) is 26.3 Å². The van der Waals surface area contributed by atoms with Gasteiger partial charge in [-0.3, -0.25) is 4.79 Å². The van der Waals surface area contributed by atoms with Gasteiger partial charge in [-0.1, -0.05) is 80.3 Å². The minimum absolute atomic E-state index is 0.168. The Balaban J connectivity index is 1.42. The second-order valence-electron chi connectivity index (χ2n) is 15.7. The van der Waals surface area contributed by atoms with E-state index in [9.17, 15) is 4.79 Å². The van der Waals surface area contributed by atoms with E-state index >= 15 is 0 Å². The summed E-state index contributed by atoms with van der Waals surface area (Å²) in [6.07, 6.45) is 12.0. The molecular weight excluding hydrogens is 552 g/mol. The summed E-state index contributed by atoms with van der Waals surface area (Å²) in [4.78, 5) is 13.5. The van der Waals surface area contributed by atoms with Crippen LogP contribution in [0.25, 0.3) is 0 Å². The van der Waals surface area contributed by atoms with Crippen molar-refractivity contribution in [3.05, 3.63) is 0 Å². The van der Waals surface area contributed by atoms with Gasteiger partial charge in [0.2, 0.25) is 0 Å². The number of halogens is 2. The first-order valence-electron chi connectivity index (χ1n) is 14.1. The minimum Gasteiger partial charge on any atom is -0.377 e. The lowest BCUT2D eigenvalue weighted by Gasteiger charge is -2.73. The second kappa shape index (κ2) is 6.96. The van der Waals surface area contributed by atoms with Crippen molar-refractivity contribution >= 4 is 37.6 Å². The summed E-state index contributed by atoms with van der Waals surface area (Å²) in [6, 6.07) is 0. The Hall–Kier alpha value is 0.590. The predicted molar refractivity (Wildman–Crippen MR) is 145 cm³/mol. The van der Waals surface area contributed by atoms with Crippen molar-refractivity contribution in [2.75, 3.05) is 6.61 Å². The highest BCUT2D eigenvalue weighted by Crippen LogP contribution is 2.78. The third kappa shape index (κ3) is 2.76. The van der Waals surface area contributed by atoms with Gasteiger partial charge in [0.15, 0.2) is 5.78 Å². The van der Waals surface area contributed by atoms with Crippen LogP contribution in [0.3, 0.4) is 0 Å². The third-order valence-electron chi connectivity index (χ3n) is 13.8. The van der Waals surface area contributed by atoms with Gasteiger partial charge < -0.3 is 4.74 Å². The molecule has 1 saturated heterocycles. The molecular formula is C30H46Br2O2. The van der Waals surface area contributed by atoms with Crippen LogP contribution in [0.15, 0.2) is 0 Å². The highest BCUT2D eigenvalue weighted by molar-refractivity contribution is 9.25. The molecule has 1 aliphatic heterocycles. The zero-order valence-electron chi connectivity index (χ0n) is 22.5. The van der Waals surface area contributed by atoms with Crippen molar-refractivity contribution in [3.8, 4) is 0 Å². The van der Waals surface area contributed by atoms with Crippen molar-refractivity contribution in [1.29, 1.82) is 0 Å². The highest BCUT2D eigenvalue weighted by Gasteiger charge is 2.74. The summed E-state index contributed by atoms with van der Waals surface area (Å²) in [6.45, 7) is 18.4. The summed E-state index contributed by atoms with van der Waals surface area (Å²) in [7, 11) is 0. The lowest BCUT2D eigenvalue weighted by atomic mass is 9.31. The Morgan fingerprint density at radius 1 is 0.794 bits per heavy atom. The van der Waals surface area contributed by atoms with E-state index in [0.717, 1.165) is 24.9 Å². The highest BCUT2D eigenvalue weighted by atomic mass is 79.9. The molecule has 2 unspecified atom stereocenters. The summed E-state index contributed by atoms with van der Waals surface area (Å²) in [5.41, 5.74) is 1.33. The fourth-order valence-corrected chi connectivity index (χ4v) is 14.2. The number of hydrogen-bond donors (Lipinski definition) is 0. The van der Waals surface area contributed by atoms with Gasteiger partial charge in [-0.25, -0.2) is 0 Å². The first kappa shape index (κ1) is 24.9. The van der Waals surface area contributed by atoms with Crippen LogP contribution < -0.4 is 0 Å². The fourth-order valence-electron chi connectivity index (χ4n) is 12.0. The maximum absolute atomic E-state index is 13.5. The maximum Gasteiger partial charge on any atom is 0.166 e. The number of carbonyl (C=O) groups excluding carboxylic acids is 1. The van der Waals surface area contributed by atoms with Crippen LogP contribution in [-0.4, -0.2) is 21.7 Å². The number of hydrogen-bond acceptors (Lipinski definition) is 2. The molecule has 0 aromatic carbocycles. The van der Waals surface area contributed by atoms with Gasteiger partial charge in [0, 0.05) is 5.41 Å². The van der Waals surface area contributed by atoms with Crippen molar-refractivity contribution in [3.63, 3.8) is 0 Å². The fraction of sp³-hybridized carbons (Fsp3) is 0.967. The van der Waals surface area contributed by atoms with Crippen LogP contribution in [0.5, 0.6) is 0 Å².